The van der Waals surface area contributed by atoms with E-state index < -0.39 is 0 Å². The van der Waals surface area contributed by atoms with E-state index in [4.69, 9.17) is 4.74 Å². The molecule has 1 saturated heterocycles. The Kier molecular flexibility index (Phi) is 8.05. The number of aryl methyl sites for hydroxylation is 1. The van der Waals surface area contributed by atoms with E-state index in [1.165, 1.54) is 0 Å². The fraction of sp³-hybridized carbons (Fsp3) is 0.323. The number of pyridine rings is 1. The van der Waals surface area contributed by atoms with Gasteiger partial charge in [0.15, 0.2) is 0 Å². The Morgan fingerprint density at radius 3 is 2.57 bits per heavy atom. The Morgan fingerprint density at radius 2 is 1.89 bits per heavy atom. The molecule has 0 bridgehead atoms. The van der Waals surface area contributed by atoms with Crippen LogP contribution in [-0.2, 0) is 4.74 Å². The summed E-state index contributed by atoms with van der Waals surface area (Å²) in [7, 11) is 3.52. The van der Waals surface area contributed by atoms with Crippen LogP contribution in [0, 0.1) is 25.2 Å². The number of aromatic nitrogens is 1. The van der Waals surface area contributed by atoms with Crippen molar-refractivity contribution in [2.75, 3.05) is 32.6 Å². The predicted molar refractivity (Wildman–Crippen MR) is 149 cm³/mol. The van der Waals surface area contributed by atoms with Gasteiger partial charge in [-0.1, -0.05) is 12.1 Å². The number of anilines is 1. The Balaban J connectivity index is 1.62. The minimum absolute atomic E-state index is 0.00721. The summed E-state index contributed by atoms with van der Waals surface area (Å²) in [5, 5.41) is 13.4. The van der Waals surface area contributed by atoms with Crippen LogP contribution in [0.2, 0.25) is 0 Å². The van der Waals surface area contributed by atoms with Crippen LogP contribution >= 0.6 is 0 Å². The highest BCUT2D eigenvalue weighted by atomic mass is 16.5. The molecular formula is C31H34N4O2. The molecular weight excluding hydrogens is 460 g/mol. The third-order valence-corrected chi connectivity index (χ3v) is 6.93. The summed E-state index contributed by atoms with van der Waals surface area (Å²) in [4.78, 5) is 18.5. The van der Waals surface area contributed by atoms with Gasteiger partial charge in [-0.25, -0.2) is 0 Å². The zero-order chi connectivity index (χ0) is 26.5. The minimum Gasteiger partial charge on any atom is -0.381 e. The van der Waals surface area contributed by atoms with Gasteiger partial charge < -0.3 is 15.0 Å². The number of rotatable bonds is 6. The Bertz CT molecular complexity index is 1380. The van der Waals surface area contributed by atoms with Crippen LogP contribution in [-0.4, -0.2) is 49.1 Å². The zero-order valence-electron chi connectivity index (χ0n) is 22.3. The largest absolute Gasteiger partial charge is 0.381 e. The first kappa shape index (κ1) is 26.1. The number of carbonyl (C=O) groups excluding carboxylic acids is 1. The lowest BCUT2D eigenvalue weighted by Crippen LogP contribution is -2.28. The van der Waals surface area contributed by atoms with Crippen molar-refractivity contribution in [1.29, 1.82) is 5.26 Å². The van der Waals surface area contributed by atoms with Crippen molar-refractivity contribution in [1.82, 2.24) is 9.88 Å². The van der Waals surface area contributed by atoms with Crippen LogP contribution in [0.4, 0.5) is 5.69 Å². The summed E-state index contributed by atoms with van der Waals surface area (Å²) in [5.74, 6) is -0.00721. The van der Waals surface area contributed by atoms with Gasteiger partial charge in [0.2, 0.25) is 0 Å². The fourth-order valence-electron chi connectivity index (χ4n) is 4.78. The average Bonchev–Trinajstić information content (AvgIpc) is 2.90. The Hall–Kier alpha value is -3.95. The smallest absolute Gasteiger partial charge is 0.253 e. The van der Waals surface area contributed by atoms with Gasteiger partial charge in [0, 0.05) is 45.1 Å². The lowest BCUT2D eigenvalue weighted by atomic mass is 9.95. The number of benzene rings is 2. The number of nitriles is 1. The molecule has 0 spiro atoms. The quantitative estimate of drug-likeness (QED) is 0.449. The number of amides is 1. The van der Waals surface area contributed by atoms with Crippen LogP contribution in [0.15, 0.2) is 48.7 Å². The molecule has 1 aliphatic heterocycles. The Labute approximate surface area is 219 Å². The minimum atomic E-state index is -0.00721. The second-order valence-corrected chi connectivity index (χ2v) is 9.83. The van der Waals surface area contributed by atoms with E-state index >= 15 is 0 Å². The van der Waals surface area contributed by atoms with Crippen LogP contribution in [0.3, 0.4) is 0 Å². The van der Waals surface area contributed by atoms with E-state index in [-0.39, 0.29) is 5.91 Å². The Morgan fingerprint density at radius 1 is 1.14 bits per heavy atom. The topological polar surface area (TPSA) is 78.2 Å². The maximum atomic E-state index is 12.3. The summed E-state index contributed by atoms with van der Waals surface area (Å²) in [6, 6.07) is 16.5. The summed E-state index contributed by atoms with van der Waals surface area (Å²) < 4.78 is 5.45. The molecule has 1 aromatic heterocycles. The molecule has 1 fully saturated rings. The van der Waals surface area contributed by atoms with Gasteiger partial charge in [-0.15, -0.1) is 0 Å². The van der Waals surface area contributed by atoms with Crippen molar-refractivity contribution in [3.8, 4) is 17.2 Å². The van der Waals surface area contributed by atoms with Gasteiger partial charge in [-0.05, 0) is 103 Å². The maximum absolute atomic E-state index is 12.3. The highest BCUT2D eigenvalue weighted by Crippen LogP contribution is 2.31. The fourth-order valence-corrected chi connectivity index (χ4v) is 4.78. The van der Waals surface area contributed by atoms with Crippen molar-refractivity contribution in [3.63, 3.8) is 0 Å². The molecule has 2 heterocycles. The van der Waals surface area contributed by atoms with Gasteiger partial charge in [0.1, 0.15) is 6.07 Å². The van der Waals surface area contributed by atoms with Crippen molar-refractivity contribution in [2.45, 2.75) is 39.7 Å². The standard InChI is InChI=1S/C31H34N4O2/c1-20-16-24(31(36)35(4)5)6-8-27(20)21(2)17-30-22(3)28(10-13-33-30)23-7-9-29(25(18-23)19-32)34-26-11-14-37-15-12-26/h6-10,13,16-18,26,34H,11-12,14-15H2,1-5H3/b21-17+. The summed E-state index contributed by atoms with van der Waals surface area (Å²) >= 11 is 0. The van der Waals surface area contributed by atoms with Crippen molar-refractivity contribution in [2.24, 2.45) is 0 Å². The number of hydrogen-bond acceptors (Lipinski definition) is 5. The molecule has 1 amide bonds. The van der Waals surface area contributed by atoms with Gasteiger partial charge in [0.25, 0.3) is 5.91 Å². The van der Waals surface area contributed by atoms with E-state index in [1.54, 1.807) is 19.0 Å². The first-order chi connectivity index (χ1) is 17.8. The first-order valence-corrected chi connectivity index (χ1v) is 12.6. The van der Waals surface area contributed by atoms with E-state index in [0.29, 0.717) is 17.2 Å². The average molecular weight is 495 g/mol. The second kappa shape index (κ2) is 11.4. The van der Waals surface area contributed by atoms with E-state index in [0.717, 1.165) is 70.8 Å². The molecule has 1 aliphatic rings. The van der Waals surface area contributed by atoms with E-state index in [1.807, 2.05) is 49.5 Å². The van der Waals surface area contributed by atoms with Crippen molar-refractivity contribution >= 4 is 23.2 Å². The second-order valence-electron chi connectivity index (χ2n) is 9.83. The monoisotopic (exact) mass is 494 g/mol. The third-order valence-electron chi connectivity index (χ3n) is 6.93. The molecule has 0 atom stereocenters. The number of allylic oxidation sites excluding steroid dienone is 1. The number of ether oxygens (including phenoxy) is 1. The predicted octanol–water partition coefficient (Wildman–Crippen LogP) is 6.09. The van der Waals surface area contributed by atoms with Crippen LogP contribution in [0.1, 0.15) is 58.1 Å². The number of hydrogen-bond donors (Lipinski definition) is 1. The highest BCUT2D eigenvalue weighted by Gasteiger charge is 2.16. The number of nitrogens with zero attached hydrogens (tertiary/aromatic N) is 3. The van der Waals surface area contributed by atoms with Crippen molar-refractivity contribution in [3.05, 3.63) is 82.2 Å². The molecule has 0 saturated carbocycles. The molecule has 0 unspecified atom stereocenters. The maximum Gasteiger partial charge on any atom is 0.253 e. The summed E-state index contributed by atoms with van der Waals surface area (Å²) in [6.45, 7) is 7.65. The van der Waals surface area contributed by atoms with Gasteiger partial charge >= 0.3 is 0 Å². The third kappa shape index (κ3) is 5.90. The molecule has 190 valence electrons. The molecule has 6 nitrogen and oxygen atoms in total. The SMILES string of the molecule is C/C(=C\c1nccc(-c2ccc(NC3CCOCC3)c(C#N)c2)c1C)c1ccc(C(=O)N(C)C)cc1C. The molecule has 0 aliphatic carbocycles. The van der Waals surface area contributed by atoms with Gasteiger partial charge in [0.05, 0.1) is 16.9 Å². The van der Waals surface area contributed by atoms with Crippen molar-refractivity contribution < 1.29 is 9.53 Å². The zero-order valence-corrected chi connectivity index (χ0v) is 22.3. The summed E-state index contributed by atoms with van der Waals surface area (Å²) in [6.07, 6.45) is 5.78. The van der Waals surface area contributed by atoms with Gasteiger partial charge in [-0.3, -0.25) is 9.78 Å². The summed E-state index contributed by atoms with van der Waals surface area (Å²) in [5.41, 5.74) is 9.35. The lowest BCUT2D eigenvalue weighted by molar-refractivity contribution is 0.0827. The number of carbonyl (C=O) groups is 1. The lowest BCUT2D eigenvalue weighted by Gasteiger charge is -2.24. The molecule has 0 radical (unpaired) electrons. The van der Waals surface area contributed by atoms with Crippen LogP contribution < -0.4 is 5.32 Å². The molecule has 6 heteroatoms. The van der Waals surface area contributed by atoms with Crippen LogP contribution in [0.5, 0.6) is 0 Å². The van der Waals surface area contributed by atoms with Crippen LogP contribution in [0.25, 0.3) is 22.8 Å². The molecule has 2 aromatic carbocycles. The van der Waals surface area contributed by atoms with E-state index in [9.17, 15) is 10.1 Å². The van der Waals surface area contributed by atoms with E-state index in [2.05, 4.69) is 42.4 Å². The normalized spacial score (nSPS) is 14.2. The number of nitrogens with one attached hydrogen (secondary N) is 1. The van der Waals surface area contributed by atoms with Gasteiger partial charge in [-0.2, -0.15) is 5.26 Å². The molecule has 1 N–H and O–H groups in total. The molecule has 4 rings (SSSR count). The molecule has 3 aromatic rings. The first-order valence-electron chi connectivity index (χ1n) is 12.6. The molecule has 37 heavy (non-hydrogen) atoms. The highest BCUT2D eigenvalue weighted by molar-refractivity contribution is 5.95.